The van der Waals surface area contributed by atoms with Crippen molar-refractivity contribution in [3.63, 3.8) is 0 Å². The van der Waals surface area contributed by atoms with Gasteiger partial charge in [0.15, 0.2) is 0 Å². The maximum Gasteiger partial charge on any atom is 0.272 e. The van der Waals surface area contributed by atoms with Crippen LogP contribution in [-0.2, 0) is 14.2 Å². The second kappa shape index (κ2) is 8.55. The molecule has 0 saturated carbocycles. The molecule has 150 valence electrons. The maximum absolute atomic E-state index is 12.9. The van der Waals surface area contributed by atoms with Crippen molar-refractivity contribution in [1.82, 2.24) is 9.88 Å². The number of methoxy groups -OCH3 is 1. The SMILES string of the molecule is COCCOC1CCOC2(CCN(C(=O)c3ccc4ccccc4n3)CC2)C1. The van der Waals surface area contributed by atoms with Gasteiger partial charge in [-0.2, -0.15) is 0 Å². The van der Waals surface area contributed by atoms with Gasteiger partial charge in [0.2, 0.25) is 0 Å². The molecule has 1 aromatic carbocycles. The van der Waals surface area contributed by atoms with E-state index in [1.165, 1.54) is 0 Å². The molecule has 2 aromatic rings. The van der Waals surface area contributed by atoms with Crippen molar-refractivity contribution < 1.29 is 19.0 Å². The smallest absolute Gasteiger partial charge is 0.272 e. The quantitative estimate of drug-likeness (QED) is 0.742. The van der Waals surface area contributed by atoms with E-state index in [1.54, 1.807) is 7.11 Å². The number of aromatic nitrogens is 1. The number of hydrogen-bond acceptors (Lipinski definition) is 5. The van der Waals surface area contributed by atoms with E-state index in [2.05, 4.69) is 4.98 Å². The summed E-state index contributed by atoms with van der Waals surface area (Å²) in [5.41, 5.74) is 1.21. The molecule has 2 saturated heterocycles. The van der Waals surface area contributed by atoms with E-state index in [0.29, 0.717) is 32.0 Å². The molecule has 28 heavy (non-hydrogen) atoms. The number of carbonyl (C=O) groups is 1. The van der Waals surface area contributed by atoms with Gasteiger partial charge >= 0.3 is 0 Å². The van der Waals surface area contributed by atoms with Gasteiger partial charge in [-0.3, -0.25) is 4.79 Å². The van der Waals surface area contributed by atoms with Crippen LogP contribution < -0.4 is 0 Å². The van der Waals surface area contributed by atoms with Crippen LogP contribution >= 0.6 is 0 Å². The van der Waals surface area contributed by atoms with Gasteiger partial charge in [-0.15, -0.1) is 0 Å². The molecular formula is C22H28N2O4. The average molecular weight is 384 g/mol. The Labute approximate surface area is 165 Å². The third-order valence-corrected chi connectivity index (χ3v) is 5.87. The molecule has 6 nitrogen and oxygen atoms in total. The summed E-state index contributed by atoms with van der Waals surface area (Å²) < 4.78 is 17.2. The lowest BCUT2D eigenvalue weighted by Gasteiger charge is -2.46. The molecular weight excluding hydrogens is 356 g/mol. The summed E-state index contributed by atoms with van der Waals surface area (Å²) in [5.74, 6) is 0.00399. The highest BCUT2D eigenvalue weighted by Gasteiger charge is 2.41. The normalized spacial score (nSPS) is 21.9. The number of benzene rings is 1. The largest absolute Gasteiger partial charge is 0.382 e. The zero-order valence-electron chi connectivity index (χ0n) is 16.4. The van der Waals surface area contributed by atoms with Crippen LogP contribution in [-0.4, -0.2) is 67.5 Å². The van der Waals surface area contributed by atoms with Crippen molar-refractivity contribution in [3.8, 4) is 0 Å². The minimum atomic E-state index is -0.163. The van der Waals surface area contributed by atoms with E-state index in [4.69, 9.17) is 14.2 Å². The van der Waals surface area contributed by atoms with Crippen LogP contribution in [0.1, 0.15) is 36.2 Å². The molecule has 0 bridgehead atoms. The first kappa shape index (κ1) is 19.3. The number of nitrogens with zero attached hydrogens (tertiary/aromatic N) is 2. The monoisotopic (exact) mass is 384 g/mol. The molecule has 1 amide bonds. The van der Waals surface area contributed by atoms with Crippen LogP contribution in [0.15, 0.2) is 36.4 Å². The number of pyridine rings is 1. The van der Waals surface area contributed by atoms with Crippen LogP contribution in [0.3, 0.4) is 0 Å². The third-order valence-electron chi connectivity index (χ3n) is 5.87. The highest BCUT2D eigenvalue weighted by Crippen LogP contribution is 2.36. The summed E-state index contributed by atoms with van der Waals surface area (Å²) in [4.78, 5) is 19.4. The van der Waals surface area contributed by atoms with Gasteiger partial charge in [0.05, 0.1) is 30.4 Å². The maximum atomic E-state index is 12.9. The van der Waals surface area contributed by atoms with E-state index >= 15 is 0 Å². The number of carbonyl (C=O) groups excluding carboxylic acids is 1. The van der Waals surface area contributed by atoms with Crippen LogP contribution in [0.25, 0.3) is 10.9 Å². The van der Waals surface area contributed by atoms with Crippen molar-refractivity contribution in [1.29, 1.82) is 0 Å². The first-order chi connectivity index (χ1) is 13.7. The zero-order chi connectivity index (χ0) is 19.4. The minimum Gasteiger partial charge on any atom is -0.382 e. The van der Waals surface area contributed by atoms with Crippen molar-refractivity contribution in [2.45, 2.75) is 37.4 Å². The predicted molar refractivity (Wildman–Crippen MR) is 106 cm³/mol. The molecule has 4 rings (SSSR count). The molecule has 2 aliphatic rings. The number of rotatable bonds is 5. The molecule has 0 aliphatic carbocycles. The van der Waals surface area contributed by atoms with E-state index in [-0.39, 0.29) is 17.6 Å². The summed E-state index contributed by atoms with van der Waals surface area (Å²) in [5, 5.41) is 1.05. The number of amides is 1. The zero-order valence-corrected chi connectivity index (χ0v) is 16.4. The first-order valence-corrected chi connectivity index (χ1v) is 10.1. The van der Waals surface area contributed by atoms with Crippen LogP contribution in [0.5, 0.6) is 0 Å². The van der Waals surface area contributed by atoms with E-state index in [9.17, 15) is 4.79 Å². The van der Waals surface area contributed by atoms with Crippen molar-refractivity contribution in [2.75, 3.05) is 40.0 Å². The fourth-order valence-corrected chi connectivity index (χ4v) is 4.24. The molecule has 2 fully saturated rings. The third kappa shape index (κ3) is 4.19. The van der Waals surface area contributed by atoms with Gasteiger partial charge in [-0.1, -0.05) is 24.3 Å². The topological polar surface area (TPSA) is 60.9 Å². The number of para-hydroxylation sites is 1. The highest BCUT2D eigenvalue weighted by atomic mass is 16.5. The summed E-state index contributed by atoms with van der Waals surface area (Å²) in [6.45, 7) is 3.34. The van der Waals surface area contributed by atoms with Gasteiger partial charge in [-0.05, 0) is 31.4 Å². The molecule has 0 N–H and O–H groups in total. The van der Waals surface area contributed by atoms with Crippen molar-refractivity contribution in [2.24, 2.45) is 0 Å². The summed E-state index contributed by atoms with van der Waals surface area (Å²) in [6.07, 6.45) is 3.72. The Balaban J connectivity index is 1.37. The standard InChI is InChI=1S/C22H28N2O4/c1-26-14-15-27-18-8-13-28-22(16-18)9-11-24(12-10-22)21(25)20-7-6-17-4-2-3-5-19(17)23-20/h2-7,18H,8-16H2,1H3. The summed E-state index contributed by atoms with van der Waals surface area (Å²) >= 11 is 0. The van der Waals surface area contributed by atoms with Crippen LogP contribution in [0.4, 0.5) is 0 Å². The van der Waals surface area contributed by atoms with E-state index in [1.807, 2.05) is 41.3 Å². The lowest BCUT2D eigenvalue weighted by Crippen LogP contribution is -2.52. The van der Waals surface area contributed by atoms with Gasteiger partial charge in [0.25, 0.3) is 5.91 Å². The fraction of sp³-hybridized carbons (Fsp3) is 0.545. The molecule has 3 heterocycles. The second-order valence-corrected chi connectivity index (χ2v) is 7.69. The van der Waals surface area contributed by atoms with Gasteiger partial charge in [0, 0.05) is 38.6 Å². The Kier molecular flexibility index (Phi) is 5.90. The molecule has 2 aliphatic heterocycles. The average Bonchev–Trinajstić information content (AvgIpc) is 2.74. The number of fused-ring (bicyclic) bond motifs is 1. The van der Waals surface area contributed by atoms with Crippen LogP contribution in [0.2, 0.25) is 0 Å². The second-order valence-electron chi connectivity index (χ2n) is 7.69. The Morgan fingerprint density at radius 3 is 2.86 bits per heavy atom. The Hall–Kier alpha value is -2.02. The lowest BCUT2D eigenvalue weighted by molar-refractivity contribution is -0.154. The van der Waals surface area contributed by atoms with Gasteiger partial charge < -0.3 is 19.1 Å². The molecule has 1 spiro atoms. The van der Waals surface area contributed by atoms with Crippen molar-refractivity contribution >= 4 is 16.8 Å². The predicted octanol–water partition coefficient (Wildman–Crippen LogP) is 3.05. The lowest BCUT2D eigenvalue weighted by atomic mass is 9.83. The minimum absolute atomic E-state index is 0.00399. The molecule has 1 unspecified atom stereocenters. The first-order valence-electron chi connectivity index (χ1n) is 10.1. The number of piperidine rings is 1. The van der Waals surface area contributed by atoms with Gasteiger partial charge in [-0.25, -0.2) is 4.98 Å². The molecule has 6 heteroatoms. The number of hydrogen-bond donors (Lipinski definition) is 0. The van der Waals surface area contributed by atoms with Gasteiger partial charge in [0.1, 0.15) is 5.69 Å². The van der Waals surface area contributed by atoms with Crippen molar-refractivity contribution in [3.05, 3.63) is 42.1 Å². The van der Waals surface area contributed by atoms with E-state index < -0.39 is 0 Å². The molecule has 1 atom stereocenters. The summed E-state index contributed by atoms with van der Waals surface area (Å²) in [7, 11) is 1.69. The Bertz CT molecular complexity index is 817. The fourth-order valence-electron chi connectivity index (χ4n) is 4.24. The highest BCUT2D eigenvalue weighted by molar-refractivity contribution is 5.95. The Morgan fingerprint density at radius 2 is 2.04 bits per heavy atom. The van der Waals surface area contributed by atoms with Crippen LogP contribution in [0, 0.1) is 0 Å². The number of likely N-dealkylation sites (tertiary alicyclic amines) is 1. The molecule has 1 aromatic heterocycles. The van der Waals surface area contributed by atoms with E-state index in [0.717, 1.165) is 43.2 Å². The summed E-state index contributed by atoms with van der Waals surface area (Å²) in [6, 6.07) is 11.7. The number of ether oxygens (including phenoxy) is 3. The molecule has 0 radical (unpaired) electrons. The Morgan fingerprint density at radius 1 is 1.21 bits per heavy atom.